The van der Waals surface area contributed by atoms with E-state index >= 15 is 0 Å². The van der Waals surface area contributed by atoms with Crippen LogP contribution in [0.25, 0.3) is 0 Å². The number of aromatic nitrogens is 1. The van der Waals surface area contributed by atoms with E-state index in [4.69, 9.17) is 16.9 Å². The van der Waals surface area contributed by atoms with Crippen LogP contribution in [0.1, 0.15) is 16.3 Å². The van der Waals surface area contributed by atoms with E-state index in [2.05, 4.69) is 21.8 Å². The monoisotopic (exact) mass is 277 g/mol. The second kappa shape index (κ2) is 5.85. The summed E-state index contributed by atoms with van der Waals surface area (Å²) in [4.78, 5) is 4.39. The minimum Gasteiger partial charge on any atom is -0.384 e. The molecular weight excluding hydrogens is 266 g/mol. The largest absolute Gasteiger partial charge is 0.384 e. The molecule has 1 heterocycles. The lowest BCUT2D eigenvalue weighted by Crippen LogP contribution is -2.06. The molecule has 92 valence electrons. The van der Waals surface area contributed by atoms with Crippen molar-refractivity contribution in [3.05, 3.63) is 44.9 Å². The Morgan fingerprint density at radius 1 is 1.50 bits per heavy atom. The van der Waals surface area contributed by atoms with E-state index in [1.807, 2.05) is 13.0 Å². The fourth-order valence-electron chi connectivity index (χ4n) is 1.61. The van der Waals surface area contributed by atoms with Gasteiger partial charge in [0.05, 0.1) is 22.0 Å². The highest BCUT2D eigenvalue weighted by molar-refractivity contribution is 7.09. The topological polar surface area (TPSA) is 48.7 Å². The molecule has 1 N–H and O–H groups in total. The lowest BCUT2D eigenvalue weighted by atomic mass is 10.2. The fourth-order valence-corrected chi connectivity index (χ4v) is 2.43. The maximum Gasteiger partial charge on any atom is 0.101 e. The molecule has 0 radical (unpaired) electrons. The van der Waals surface area contributed by atoms with Crippen molar-refractivity contribution < 1.29 is 0 Å². The van der Waals surface area contributed by atoms with Gasteiger partial charge in [-0.25, -0.2) is 4.98 Å². The van der Waals surface area contributed by atoms with Crippen LogP contribution < -0.4 is 5.32 Å². The van der Waals surface area contributed by atoms with Crippen LogP contribution in [0, 0.1) is 18.3 Å². The summed E-state index contributed by atoms with van der Waals surface area (Å²) in [7, 11) is 0. The first kappa shape index (κ1) is 12.9. The summed E-state index contributed by atoms with van der Waals surface area (Å²) in [5, 5.41) is 15.9. The van der Waals surface area contributed by atoms with Crippen LogP contribution >= 0.6 is 22.9 Å². The Bertz CT molecular complexity index is 586. The van der Waals surface area contributed by atoms with E-state index < -0.39 is 0 Å². The van der Waals surface area contributed by atoms with Crippen molar-refractivity contribution >= 4 is 28.6 Å². The zero-order valence-electron chi connectivity index (χ0n) is 9.90. The van der Waals surface area contributed by atoms with Crippen LogP contribution in [0.4, 0.5) is 5.69 Å². The minimum atomic E-state index is 0.567. The first-order valence-electron chi connectivity index (χ1n) is 5.53. The van der Waals surface area contributed by atoms with Gasteiger partial charge in [-0.3, -0.25) is 0 Å². The van der Waals surface area contributed by atoms with E-state index in [1.54, 1.807) is 23.5 Å². The number of nitrogens with one attached hydrogen (secondary N) is 1. The van der Waals surface area contributed by atoms with Crippen molar-refractivity contribution in [3.63, 3.8) is 0 Å². The molecular formula is C13H12ClN3S. The number of nitriles is 1. The molecule has 0 bridgehead atoms. The molecule has 18 heavy (non-hydrogen) atoms. The summed E-state index contributed by atoms with van der Waals surface area (Å²) in [5.74, 6) is 0. The zero-order valence-corrected chi connectivity index (χ0v) is 11.5. The molecule has 0 unspecified atom stereocenters. The molecule has 3 nitrogen and oxygen atoms in total. The molecule has 0 amide bonds. The van der Waals surface area contributed by atoms with Gasteiger partial charge in [-0.1, -0.05) is 11.6 Å². The third kappa shape index (κ3) is 3.22. The number of anilines is 1. The molecule has 0 spiro atoms. The van der Waals surface area contributed by atoms with Crippen molar-refractivity contribution in [2.45, 2.75) is 13.3 Å². The smallest absolute Gasteiger partial charge is 0.101 e. The van der Waals surface area contributed by atoms with E-state index in [0.717, 1.165) is 29.4 Å². The summed E-state index contributed by atoms with van der Waals surface area (Å²) >= 11 is 7.49. The number of halogens is 1. The first-order chi connectivity index (χ1) is 8.69. The van der Waals surface area contributed by atoms with Gasteiger partial charge in [0.25, 0.3) is 0 Å². The number of hydrogen-bond donors (Lipinski definition) is 1. The standard InChI is InChI=1S/C13H12ClN3S/c1-9-17-12(8-18-9)4-5-16-13-3-2-11(14)6-10(13)7-15/h2-3,6,8,16H,4-5H2,1H3. The van der Waals surface area contributed by atoms with Crippen molar-refractivity contribution in [1.29, 1.82) is 5.26 Å². The predicted molar refractivity (Wildman–Crippen MR) is 75.2 cm³/mol. The van der Waals surface area contributed by atoms with Crippen molar-refractivity contribution in [2.75, 3.05) is 11.9 Å². The summed E-state index contributed by atoms with van der Waals surface area (Å²) < 4.78 is 0. The highest BCUT2D eigenvalue weighted by atomic mass is 35.5. The van der Waals surface area contributed by atoms with Gasteiger partial charge in [0, 0.05) is 23.4 Å². The summed E-state index contributed by atoms with van der Waals surface area (Å²) in [6.07, 6.45) is 0.845. The quantitative estimate of drug-likeness (QED) is 0.928. The van der Waals surface area contributed by atoms with Gasteiger partial charge in [-0.15, -0.1) is 11.3 Å². The Hall–Kier alpha value is -1.57. The average Bonchev–Trinajstić information content (AvgIpc) is 2.77. The molecule has 5 heteroatoms. The minimum absolute atomic E-state index is 0.567. The maximum absolute atomic E-state index is 9.00. The van der Waals surface area contributed by atoms with E-state index in [0.29, 0.717) is 10.6 Å². The third-order valence-electron chi connectivity index (χ3n) is 2.47. The summed E-state index contributed by atoms with van der Waals surface area (Å²) in [5.41, 5.74) is 2.46. The molecule has 0 fully saturated rings. The molecule has 0 saturated carbocycles. The van der Waals surface area contributed by atoms with E-state index in [9.17, 15) is 0 Å². The lowest BCUT2D eigenvalue weighted by Gasteiger charge is -2.07. The maximum atomic E-state index is 9.00. The van der Waals surface area contributed by atoms with Gasteiger partial charge < -0.3 is 5.32 Å². The van der Waals surface area contributed by atoms with Gasteiger partial charge in [-0.05, 0) is 25.1 Å². The van der Waals surface area contributed by atoms with Gasteiger partial charge >= 0.3 is 0 Å². The molecule has 0 aliphatic heterocycles. The zero-order chi connectivity index (χ0) is 13.0. The fraction of sp³-hybridized carbons (Fsp3) is 0.231. The highest BCUT2D eigenvalue weighted by Crippen LogP contribution is 2.19. The molecule has 0 saturated heterocycles. The number of rotatable bonds is 4. The van der Waals surface area contributed by atoms with Gasteiger partial charge in [-0.2, -0.15) is 5.26 Å². The summed E-state index contributed by atoms with van der Waals surface area (Å²) in [6.45, 7) is 2.74. The Morgan fingerprint density at radius 3 is 3.00 bits per heavy atom. The van der Waals surface area contributed by atoms with Crippen LogP contribution in [0.2, 0.25) is 5.02 Å². The van der Waals surface area contributed by atoms with E-state index in [-0.39, 0.29) is 0 Å². The number of nitrogens with zero attached hydrogens (tertiary/aromatic N) is 2. The second-order valence-electron chi connectivity index (χ2n) is 3.84. The first-order valence-corrected chi connectivity index (χ1v) is 6.79. The Kier molecular flexibility index (Phi) is 4.19. The third-order valence-corrected chi connectivity index (χ3v) is 3.52. The Labute approximate surface area is 115 Å². The number of thiazole rings is 1. The molecule has 0 aliphatic rings. The van der Waals surface area contributed by atoms with Crippen molar-refractivity contribution in [3.8, 4) is 6.07 Å². The molecule has 1 aromatic heterocycles. The SMILES string of the molecule is Cc1nc(CCNc2ccc(Cl)cc2C#N)cs1. The Balaban J connectivity index is 1.96. The van der Waals surface area contributed by atoms with Gasteiger partial charge in [0.2, 0.25) is 0 Å². The van der Waals surface area contributed by atoms with Crippen molar-refractivity contribution in [1.82, 2.24) is 4.98 Å². The van der Waals surface area contributed by atoms with Crippen LogP contribution in [0.15, 0.2) is 23.6 Å². The molecule has 0 atom stereocenters. The lowest BCUT2D eigenvalue weighted by molar-refractivity contribution is 0.968. The van der Waals surface area contributed by atoms with Crippen molar-refractivity contribution in [2.24, 2.45) is 0 Å². The highest BCUT2D eigenvalue weighted by Gasteiger charge is 2.03. The van der Waals surface area contributed by atoms with Gasteiger partial charge in [0.1, 0.15) is 6.07 Å². The molecule has 0 aliphatic carbocycles. The van der Waals surface area contributed by atoms with Crippen LogP contribution in [-0.2, 0) is 6.42 Å². The van der Waals surface area contributed by atoms with Crippen LogP contribution in [-0.4, -0.2) is 11.5 Å². The predicted octanol–water partition coefficient (Wildman–Crippen LogP) is 3.63. The van der Waals surface area contributed by atoms with Crippen LogP contribution in [0.5, 0.6) is 0 Å². The number of aryl methyl sites for hydroxylation is 1. The second-order valence-corrected chi connectivity index (χ2v) is 5.34. The van der Waals surface area contributed by atoms with Gasteiger partial charge in [0.15, 0.2) is 0 Å². The number of benzene rings is 1. The normalized spacial score (nSPS) is 10.1. The molecule has 1 aromatic carbocycles. The van der Waals surface area contributed by atoms with Crippen LogP contribution in [0.3, 0.4) is 0 Å². The molecule has 2 aromatic rings. The average molecular weight is 278 g/mol. The number of hydrogen-bond acceptors (Lipinski definition) is 4. The molecule has 2 rings (SSSR count). The Morgan fingerprint density at radius 2 is 2.33 bits per heavy atom. The summed E-state index contributed by atoms with van der Waals surface area (Å²) in [6, 6.07) is 7.39. The van der Waals surface area contributed by atoms with E-state index in [1.165, 1.54) is 0 Å².